The Bertz CT molecular complexity index is 913. The van der Waals surface area contributed by atoms with Crippen LogP contribution in [0.3, 0.4) is 0 Å². The third kappa shape index (κ3) is 5.23. The van der Waals surface area contributed by atoms with Crippen LogP contribution in [0.1, 0.15) is 53.1 Å². The molecule has 176 valence electrons. The molecule has 0 spiro atoms. The maximum atomic E-state index is 14.5. The Morgan fingerprint density at radius 3 is 2.41 bits per heavy atom. The fraction of sp³-hybridized carbons (Fsp3) is 0.565. The van der Waals surface area contributed by atoms with Crippen molar-refractivity contribution >= 4 is 18.3 Å². The van der Waals surface area contributed by atoms with Crippen molar-refractivity contribution in [2.45, 2.75) is 52.2 Å². The average molecular weight is 470 g/mol. The smallest absolute Gasteiger partial charge is 0.259 e. The van der Waals surface area contributed by atoms with Crippen LogP contribution in [0.2, 0.25) is 0 Å². The van der Waals surface area contributed by atoms with Gasteiger partial charge in [-0.15, -0.1) is 12.4 Å². The number of nitrogens with zero attached hydrogens (tertiary/aromatic N) is 3. The number of rotatable bonds is 7. The molecule has 1 saturated heterocycles. The Hall–Kier alpha value is -2.19. The molecule has 1 aliphatic carbocycles. The molecule has 1 saturated carbocycles. The van der Waals surface area contributed by atoms with E-state index in [9.17, 15) is 13.6 Å². The highest BCUT2D eigenvalue weighted by Crippen LogP contribution is 2.33. The molecule has 2 aromatic rings. The minimum absolute atomic E-state index is 0. The predicted molar refractivity (Wildman–Crippen MR) is 118 cm³/mol. The van der Waals surface area contributed by atoms with Gasteiger partial charge in [-0.3, -0.25) is 9.69 Å². The van der Waals surface area contributed by atoms with Gasteiger partial charge in [0.2, 0.25) is 0 Å². The van der Waals surface area contributed by atoms with Gasteiger partial charge in [0.25, 0.3) is 5.91 Å². The first-order valence-electron chi connectivity index (χ1n) is 10.9. The molecule has 0 bridgehead atoms. The molecule has 2 heterocycles. The SMILES string of the molecule is Cc1noc(C)c1C(=O)N(C)C[C@H]1C[C@H](Oc2cc(F)c(CN3CCCC3)c(F)c2)C1.Cl. The summed E-state index contributed by atoms with van der Waals surface area (Å²) in [5.41, 5.74) is 1.20. The Balaban J connectivity index is 0.00000289. The minimum Gasteiger partial charge on any atom is -0.490 e. The summed E-state index contributed by atoms with van der Waals surface area (Å²) in [6.45, 7) is 6.12. The van der Waals surface area contributed by atoms with E-state index in [0.29, 0.717) is 30.1 Å². The van der Waals surface area contributed by atoms with E-state index in [-0.39, 0.29) is 41.6 Å². The van der Waals surface area contributed by atoms with Crippen LogP contribution in [-0.2, 0) is 6.54 Å². The van der Waals surface area contributed by atoms with Crippen molar-refractivity contribution in [3.8, 4) is 5.75 Å². The highest BCUT2D eigenvalue weighted by atomic mass is 35.5. The van der Waals surface area contributed by atoms with Crippen LogP contribution in [0.4, 0.5) is 8.78 Å². The number of halogens is 3. The highest BCUT2D eigenvalue weighted by molar-refractivity contribution is 5.95. The maximum Gasteiger partial charge on any atom is 0.259 e. The lowest BCUT2D eigenvalue weighted by Crippen LogP contribution is -2.42. The largest absolute Gasteiger partial charge is 0.490 e. The number of aryl methyl sites for hydroxylation is 2. The van der Waals surface area contributed by atoms with Crippen molar-refractivity contribution in [3.05, 3.63) is 46.3 Å². The van der Waals surface area contributed by atoms with Crippen LogP contribution in [0.5, 0.6) is 5.75 Å². The second-order valence-electron chi connectivity index (χ2n) is 8.81. The lowest BCUT2D eigenvalue weighted by molar-refractivity contribution is 0.0414. The second kappa shape index (κ2) is 10.2. The first-order valence-corrected chi connectivity index (χ1v) is 10.9. The summed E-state index contributed by atoms with van der Waals surface area (Å²) in [5, 5.41) is 3.83. The molecule has 6 nitrogen and oxygen atoms in total. The van der Waals surface area contributed by atoms with Crippen LogP contribution >= 0.6 is 12.4 Å². The second-order valence-corrected chi connectivity index (χ2v) is 8.81. The van der Waals surface area contributed by atoms with E-state index in [1.807, 2.05) is 0 Å². The van der Waals surface area contributed by atoms with Crippen molar-refractivity contribution in [1.29, 1.82) is 0 Å². The Labute approximate surface area is 193 Å². The number of hydrogen-bond donors (Lipinski definition) is 0. The molecule has 1 aliphatic heterocycles. The summed E-state index contributed by atoms with van der Waals surface area (Å²) < 4.78 is 39.8. The number of benzene rings is 1. The number of ether oxygens (including phenoxy) is 1. The fourth-order valence-electron chi connectivity index (χ4n) is 4.52. The molecule has 2 fully saturated rings. The van der Waals surface area contributed by atoms with E-state index < -0.39 is 11.6 Å². The van der Waals surface area contributed by atoms with E-state index in [0.717, 1.165) is 38.8 Å². The van der Waals surface area contributed by atoms with Gasteiger partial charge in [0.1, 0.15) is 28.7 Å². The van der Waals surface area contributed by atoms with Gasteiger partial charge in [-0.05, 0) is 58.5 Å². The zero-order valence-electron chi connectivity index (χ0n) is 18.7. The van der Waals surface area contributed by atoms with Crippen LogP contribution in [0, 0.1) is 31.4 Å². The van der Waals surface area contributed by atoms with Crippen LogP contribution in [0.25, 0.3) is 0 Å². The zero-order chi connectivity index (χ0) is 22.1. The lowest BCUT2D eigenvalue weighted by atomic mass is 9.82. The average Bonchev–Trinajstić information content (AvgIpc) is 3.32. The van der Waals surface area contributed by atoms with Gasteiger partial charge in [-0.2, -0.15) is 0 Å². The molecule has 0 N–H and O–H groups in total. The normalized spacial score (nSPS) is 20.5. The fourth-order valence-corrected chi connectivity index (χ4v) is 4.52. The number of aromatic nitrogens is 1. The molecule has 0 atom stereocenters. The first-order chi connectivity index (χ1) is 14.8. The van der Waals surface area contributed by atoms with E-state index in [2.05, 4.69) is 10.1 Å². The van der Waals surface area contributed by atoms with Crippen molar-refractivity contribution in [1.82, 2.24) is 15.0 Å². The third-order valence-corrected chi connectivity index (χ3v) is 6.32. The molecule has 2 aliphatic rings. The molecular weight excluding hydrogens is 440 g/mol. The molecule has 1 amide bonds. The monoisotopic (exact) mass is 469 g/mol. The van der Waals surface area contributed by atoms with Gasteiger partial charge in [0.15, 0.2) is 0 Å². The summed E-state index contributed by atoms with van der Waals surface area (Å²) in [6.07, 6.45) is 3.52. The first kappa shape index (κ1) is 24.5. The Morgan fingerprint density at radius 2 is 1.84 bits per heavy atom. The molecule has 4 rings (SSSR count). The van der Waals surface area contributed by atoms with Crippen molar-refractivity contribution in [2.75, 3.05) is 26.7 Å². The topological polar surface area (TPSA) is 58.8 Å². The van der Waals surface area contributed by atoms with Gasteiger partial charge in [-0.1, -0.05) is 5.16 Å². The van der Waals surface area contributed by atoms with Crippen molar-refractivity contribution in [2.24, 2.45) is 5.92 Å². The van der Waals surface area contributed by atoms with Gasteiger partial charge >= 0.3 is 0 Å². The minimum atomic E-state index is -0.553. The number of carbonyl (C=O) groups excluding carboxylic acids is 1. The van der Waals surface area contributed by atoms with Gasteiger partial charge in [0, 0.05) is 37.8 Å². The van der Waals surface area contributed by atoms with Crippen LogP contribution in [-0.4, -0.2) is 53.6 Å². The van der Waals surface area contributed by atoms with Gasteiger partial charge in [0.05, 0.1) is 11.8 Å². The molecular formula is C23H30ClF2N3O3. The summed E-state index contributed by atoms with van der Waals surface area (Å²) in [6, 6.07) is 2.57. The van der Waals surface area contributed by atoms with Crippen molar-refractivity contribution in [3.63, 3.8) is 0 Å². The molecule has 0 radical (unpaired) electrons. The third-order valence-electron chi connectivity index (χ3n) is 6.32. The maximum absolute atomic E-state index is 14.5. The summed E-state index contributed by atoms with van der Waals surface area (Å²) in [4.78, 5) is 16.4. The molecule has 0 unspecified atom stereocenters. The van der Waals surface area contributed by atoms with E-state index in [1.165, 1.54) is 12.1 Å². The number of likely N-dealkylation sites (tertiary alicyclic amines) is 1. The zero-order valence-corrected chi connectivity index (χ0v) is 19.5. The Morgan fingerprint density at radius 1 is 1.22 bits per heavy atom. The molecule has 1 aromatic heterocycles. The number of carbonyl (C=O) groups is 1. The van der Waals surface area contributed by atoms with Crippen LogP contribution < -0.4 is 4.74 Å². The van der Waals surface area contributed by atoms with Crippen molar-refractivity contribution < 1.29 is 22.8 Å². The Kier molecular flexibility index (Phi) is 7.77. The van der Waals surface area contributed by atoms with Gasteiger partial charge < -0.3 is 14.2 Å². The highest BCUT2D eigenvalue weighted by Gasteiger charge is 2.34. The summed E-state index contributed by atoms with van der Waals surface area (Å²) >= 11 is 0. The number of amides is 1. The van der Waals surface area contributed by atoms with E-state index in [1.54, 1.807) is 25.8 Å². The predicted octanol–water partition coefficient (Wildman–Crippen LogP) is 4.52. The van der Waals surface area contributed by atoms with E-state index >= 15 is 0 Å². The summed E-state index contributed by atoms with van der Waals surface area (Å²) in [5.74, 6) is -0.197. The quantitative estimate of drug-likeness (QED) is 0.597. The molecule has 32 heavy (non-hydrogen) atoms. The van der Waals surface area contributed by atoms with Gasteiger partial charge in [-0.25, -0.2) is 8.78 Å². The van der Waals surface area contributed by atoms with Crippen LogP contribution in [0.15, 0.2) is 16.7 Å². The summed E-state index contributed by atoms with van der Waals surface area (Å²) in [7, 11) is 1.76. The number of hydrogen-bond acceptors (Lipinski definition) is 5. The lowest BCUT2D eigenvalue weighted by Gasteiger charge is -2.37. The van der Waals surface area contributed by atoms with E-state index in [4.69, 9.17) is 9.26 Å². The molecule has 9 heteroatoms. The standard InChI is InChI=1S/C23H29F2N3O3.ClH/c1-14-22(15(2)31-26-14)23(29)27(3)12-16-8-17(9-16)30-18-10-20(24)19(21(25)11-18)13-28-6-4-5-7-28;/h10-11,16-17H,4-9,12-13H2,1-3H3;1H/t16-,17-;. The molecule has 1 aromatic carbocycles.